The lowest BCUT2D eigenvalue weighted by Crippen LogP contribution is -1.77. The van der Waals surface area contributed by atoms with Gasteiger partial charge in [-0.2, -0.15) is 10.4 Å². The molecule has 1 heterocycles. The van der Waals surface area contributed by atoms with E-state index in [-0.39, 0.29) is 0 Å². The van der Waals surface area contributed by atoms with E-state index >= 15 is 0 Å². The summed E-state index contributed by atoms with van der Waals surface area (Å²) in [5.41, 5.74) is 1.22. The van der Waals surface area contributed by atoms with E-state index in [1.165, 1.54) is 0 Å². The molecule has 0 fully saturated rings. The Morgan fingerprint density at radius 3 is 3.00 bits per heavy atom. The molecule has 0 saturated heterocycles. The molecule has 0 atom stereocenters. The summed E-state index contributed by atoms with van der Waals surface area (Å²) in [4.78, 5) is 0. The normalized spacial score (nSPS) is 10.2. The maximum Gasteiger partial charge on any atom is 0.104 e. The molecule has 0 amide bonds. The fourth-order valence-electron chi connectivity index (χ4n) is 1.09. The first-order valence-corrected chi connectivity index (χ1v) is 4.91. The van der Waals surface area contributed by atoms with Crippen LogP contribution in [-0.2, 0) is 0 Å². The monoisotopic (exact) mass is 303 g/mol. The van der Waals surface area contributed by atoms with Crippen molar-refractivity contribution >= 4 is 45.1 Å². The van der Waals surface area contributed by atoms with Crippen molar-refractivity contribution < 1.29 is 0 Å². The third-order valence-electron chi connectivity index (χ3n) is 1.72. The van der Waals surface area contributed by atoms with Gasteiger partial charge in [-0.15, -0.1) is 0 Å². The summed E-state index contributed by atoms with van der Waals surface area (Å²) in [5.74, 6) is 0. The highest BCUT2D eigenvalue weighted by Gasteiger charge is 2.07. The topological polar surface area (TPSA) is 52.5 Å². The predicted molar refractivity (Wildman–Crippen MR) is 58.5 cm³/mol. The SMILES string of the molecule is N#Cc1cc2n[nH]c(I)c2cc1Cl. The second kappa shape index (κ2) is 3.16. The number of fused-ring (bicyclic) bond motifs is 1. The number of hydrogen-bond donors (Lipinski definition) is 1. The van der Waals surface area contributed by atoms with E-state index in [1.807, 2.05) is 6.07 Å². The third-order valence-corrected chi connectivity index (χ3v) is 2.85. The van der Waals surface area contributed by atoms with Crippen LogP contribution in [0.3, 0.4) is 0 Å². The highest BCUT2D eigenvalue weighted by Crippen LogP contribution is 2.24. The lowest BCUT2D eigenvalue weighted by atomic mass is 10.2. The van der Waals surface area contributed by atoms with Crippen LogP contribution < -0.4 is 0 Å². The third kappa shape index (κ3) is 1.38. The molecule has 0 spiro atoms. The molecular weight excluding hydrogens is 300 g/mol. The number of aromatic nitrogens is 2. The van der Waals surface area contributed by atoms with Gasteiger partial charge in [-0.3, -0.25) is 5.10 Å². The van der Waals surface area contributed by atoms with E-state index in [1.54, 1.807) is 12.1 Å². The fraction of sp³-hybridized carbons (Fsp3) is 0. The van der Waals surface area contributed by atoms with Crippen molar-refractivity contribution in [1.82, 2.24) is 10.2 Å². The van der Waals surface area contributed by atoms with Gasteiger partial charge in [0.2, 0.25) is 0 Å². The van der Waals surface area contributed by atoms with Crippen LogP contribution in [0.25, 0.3) is 10.9 Å². The van der Waals surface area contributed by atoms with Gasteiger partial charge in [-0.1, -0.05) is 11.6 Å². The van der Waals surface area contributed by atoms with E-state index in [9.17, 15) is 0 Å². The Morgan fingerprint density at radius 2 is 2.31 bits per heavy atom. The Bertz CT molecular complexity index is 512. The Morgan fingerprint density at radius 1 is 1.54 bits per heavy atom. The maximum absolute atomic E-state index is 8.71. The molecule has 0 aliphatic rings. The number of halogens is 2. The molecule has 13 heavy (non-hydrogen) atoms. The number of hydrogen-bond acceptors (Lipinski definition) is 2. The summed E-state index contributed by atoms with van der Waals surface area (Å²) in [6.07, 6.45) is 0. The molecule has 0 aliphatic carbocycles. The summed E-state index contributed by atoms with van der Waals surface area (Å²) in [5, 5.41) is 17.0. The second-order valence-corrected chi connectivity index (χ2v) is 3.98. The number of nitriles is 1. The Hall–Kier alpha value is -0.800. The Balaban J connectivity index is 2.85. The molecule has 64 valence electrons. The van der Waals surface area contributed by atoms with Gasteiger partial charge in [0.1, 0.15) is 9.77 Å². The minimum absolute atomic E-state index is 0.456. The largest absolute Gasteiger partial charge is 0.271 e. The number of aromatic amines is 1. The van der Waals surface area contributed by atoms with E-state index in [0.29, 0.717) is 10.6 Å². The zero-order valence-corrected chi connectivity index (χ0v) is 9.22. The van der Waals surface area contributed by atoms with Crippen LogP contribution in [0.4, 0.5) is 0 Å². The number of rotatable bonds is 0. The first-order valence-electron chi connectivity index (χ1n) is 3.45. The first kappa shape index (κ1) is 8.78. The highest BCUT2D eigenvalue weighted by molar-refractivity contribution is 14.1. The Labute approximate surface area is 92.8 Å². The van der Waals surface area contributed by atoms with Crippen molar-refractivity contribution in [3.05, 3.63) is 26.4 Å². The van der Waals surface area contributed by atoms with Gasteiger partial charge in [0, 0.05) is 5.39 Å². The van der Waals surface area contributed by atoms with Gasteiger partial charge in [0.05, 0.1) is 16.1 Å². The fourth-order valence-corrected chi connectivity index (χ4v) is 1.84. The van der Waals surface area contributed by atoms with Gasteiger partial charge >= 0.3 is 0 Å². The van der Waals surface area contributed by atoms with E-state index in [4.69, 9.17) is 16.9 Å². The van der Waals surface area contributed by atoms with Gasteiger partial charge in [-0.25, -0.2) is 0 Å². The van der Waals surface area contributed by atoms with E-state index < -0.39 is 0 Å². The van der Waals surface area contributed by atoms with Crippen LogP contribution >= 0.6 is 34.2 Å². The van der Waals surface area contributed by atoms with Gasteiger partial charge in [0.15, 0.2) is 0 Å². The lowest BCUT2D eigenvalue weighted by molar-refractivity contribution is 1.09. The summed E-state index contributed by atoms with van der Waals surface area (Å²) in [6.45, 7) is 0. The minimum Gasteiger partial charge on any atom is -0.271 e. The molecule has 1 N–H and O–H groups in total. The highest BCUT2D eigenvalue weighted by atomic mass is 127. The van der Waals surface area contributed by atoms with Crippen LogP contribution in [0.5, 0.6) is 0 Å². The Kier molecular flexibility index (Phi) is 2.14. The van der Waals surface area contributed by atoms with E-state index in [0.717, 1.165) is 14.6 Å². The van der Waals surface area contributed by atoms with Gasteiger partial charge in [-0.05, 0) is 34.7 Å². The van der Waals surface area contributed by atoms with Crippen LogP contribution in [0, 0.1) is 15.0 Å². The average molecular weight is 303 g/mol. The van der Waals surface area contributed by atoms with Crippen LogP contribution in [0.15, 0.2) is 12.1 Å². The van der Waals surface area contributed by atoms with Crippen LogP contribution in [0.1, 0.15) is 5.56 Å². The lowest BCUT2D eigenvalue weighted by Gasteiger charge is -1.93. The average Bonchev–Trinajstić information content (AvgIpc) is 2.47. The summed E-state index contributed by atoms with van der Waals surface area (Å²) in [7, 11) is 0. The number of benzene rings is 1. The van der Waals surface area contributed by atoms with Crippen molar-refractivity contribution in [2.45, 2.75) is 0 Å². The van der Waals surface area contributed by atoms with Crippen molar-refractivity contribution in [2.75, 3.05) is 0 Å². The van der Waals surface area contributed by atoms with Gasteiger partial charge < -0.3 is 0 Å². The van der Waals surface area contributed by atoms with Crippen molar-refractivity contribution in [3.8, 4) is 6.07 Å². The number of nitrogens with one attached hydrogen (secondary N) is 1. The summed E-state index contributed by atoms with van der Waals surface area (Å²) in [6, 6.07) is 5.44. The zero-order chi connectivity index (χ0) is 9.42. The standard InChI is InChI=1S/C8H3ClIN3/c9-6-2-5-7(1-4(6)3-11)12-13-8(5)10/h1-2H,(H,12,13). The molecule has 0 aliphatic heterocycles. The molecule has 3 nitrogen and oxygen atoms in total. The first-order chi connectivity index (χ1) is 6.22. The predicted octanol–water partition coefficient (Wildman–Crippen LogP) is 2.69. The van der Waals surface area contributed by atoms with Crippen molar-refractivity contribution in [1.29, 1.82) is 5.26 Å². The van der Waals surface area contributed by atoms with Crippen molar-refractivity contribution in [3.63, 3.8) is 0 Å². The van der Waals surface area contributed by atoms with Crippen LogP contribution in [0.2, 0.25) is 5.02 Å². The van der Waals surface area contributed by atoms with Gasteiger partial charge in [0.25, 0.3) is 0 Å². The molecule has 1 aromatic carbocycles. The zero-order valence-electron chi connectivity index (χ0n) is 6.31. The van der Waals surface area contributed by atoms with E-state index in [2.05, 4.69) is 32.8 Å². The smallest absolute Gasteiger partial charge is 0.104 e. The summed E-state index contributed by atoms with van der Waals surface area (Å²) < 4.78 is 0.930. The molecule has 0 bridgehead atoms. The quantitative estimate of drug-likeness (QED) is 0.761. The number of H-pyrrole nitrogens is 1. The molecule has 0 unspecified atom stereocenters. The molecular formula is C8H3ClIN3. The molecule has 0 radical (unpaired) electrons. The summed E-state index contributed by atoms with van der Waals surface area (Å²) >= 11 is 8.00. The molecule has 0 saturated carbocycles. The molecule has 2 rings (SSSR count). The van der Waals surface area contributed by atoms with Crippen LogP contribution in [-0.4, -0.2) is 10.2 Å². The minimum atomic E-state index is 0.456. The molecule has 2 aromatic rings. The van der Waals surface area contributed by atoms with Crippen molar-refractivity contribution in [2.24, 2.45) is 0 Å². The second-order valence-electron chi connectivity index (χ2n) is 2.50. The number of nitrogens with zero attached hydrogens (tertiary/aromatic N) is 2. The molecule has 1 aromatic heterocycles. The molecule has 5 heteroatoms. The maximum atomic E-state index is 8.71.